The van der Waals surface area contributed by atoms with Crippen LogP contribution in [0.4, 0.5) is 0 Å². The molecule has 0 spiro atoms. The molecule has 0 N–H and O–H groups in total. The van der Waals surface area contributed by atoms with Crippen LogP contribution >= 0.6 is 11.6 Å². The van der Waals surface area contributed by atoms with Crippen molar-refractivity contribution in [2.45, 2.75) is 32.6 Å². The number of hydrogen-bond donors (Lipinski definition) is 0. The van der Waals surface area contributed by atoms with E-state index in [1.807, 2.05) is 19.1 Å². The van der Waals surface area contributed by atoms with Crippen LogP contribution in [0.3, 0.4) is 0 Å². The number of halogens is 1. The second-order valence-electron chi connectivity index (χ2n) is 3.94. The molecule has 1 aromatic carbocycles. The van der Waals surface area contributed by atoms with E-state index >= 15 is 0 Å². The van der Waals surface area contributed by atoms with Crippen molar-refractivity contribution in [2.24, 2.45) is 0 Å². The molecule has 1 rings (SSSR count). The topological polar surface area (TPSA) is 26.3 Å². The van der Waals surface area contributed by atoms with Crippen molar-refractivity contribution < 1.29 is 9.53 Å². The van der Waals surface area contributed by atoms with Gasteiger partial charge in [0.05, 0.1) is 13.0 Å². The van der Waals surface area contributed by atoms with Crippen molar-refractivity contribution in [3.8, 4) is 0 Å². The molecular weight excluding hydrogens is 236 g/mol. The van der Waals surface area contributed by atoms with Crippen LogP contribution in [0, 0.1) is 0 Å². The summed E-state index contributed by atoms with van der Waals surface area (Å²) >= 11 is 5.63. The molecule has 0 atom stereocenters. The van der Waals surface area contributed by atoms with Crippen molar-refractivity contribution in [1.29, 1.82) is 0 Å². The normalized spacial score (nSPS) is 10.2. The maximum atomic E-state index is 11.3. The average molecular weight is 255 g/mol. The summed E-state index contributed by atoms with van der Waals surface area (Å²) in [4.78, 5) is 11.3. The molecule has 0 aliphatic carbocycles. The van der Waals surface area contributed by atoms with Gasteiger partial charge >= 0.3 is 5.97 Å². The van der Waals surface area contributed by atoms with E-state index in [0.717, 1.165) is 30.7 Å². The van der Waals surface area contributed by atoms with Gasteiger partial charge in [0.2, 0.25) is 0 Å². The van der Waals surface area contributed by atoms with Crippen LogP contribution in [-0.4, -0.2) is 18.5 Å². The first-order chi connectivity index (χ1) is 8.26. The Bertz CT molecular complexity index is 333. The van der Waals surface area contributed by atoms with Crippen molar-refractivity contribution in [3.05, 3.63) is 35.4 Å². The Morgan fingerprint density at radius 2 is 1.82 bits per heavy atom. The highest BCUT2D eigenvalue weighted by Crippen LogP contribution is 2.09. The molecule has 1 aromatic rings. The van der Waals surface area contributed by atoms with Gasteiger partial charge in [-0.3, -0.25) is 4.79 Å². The lowest BCUT2D eigenvalue weighted by atomic mass is 10.1. The molecule has 0 saturated carbocycles. The molecule has 0 heterocycles. The van der Waals surface area contributed by atoms with Gasteiger partial charge in [-0.15, -0.1) is 11.6 Å². The summed E-state index contributed by atoms with van der Waals surface area (Å²) in [5, 5.41) is 0. The standard InChI is InChI=1S/C14H19ClO2/c1-2-17-14(16)11-13-8-6-12(7-9-13)5-3-4-10-15/h6-9H,2-5,10-11H2,1H3. The Kier molecular flexibility index (Phi) is 6.71. The molecule has 0 bridgehead atoms. The minimum Gasteiger partial charge on any atom is -0.466 e. The number of hydrogen-bond acceptors (Lipinski definition) is 2. The third-order valence-electron chi connectivity index (χ3n) is 2.53. The van der Waals surface area contributed by atoms with E-state index in [1.165, 1.54) is 5.56 Å². The summed E-state index contributed by atoms with van der Waals surface area (Å²) in [6.07, 6.45) is 3.56. The number of alkyl halides is 1. The summed E-state index contributed by atoms with van der Waals surface area (Å²) in [5.41, 5.74) is 2.30. The number of aryl methyl sites for hydroxylation is 1. The minimum atomic E-state index is -0.164. The van der Waals surface area contributed by atoms with Crippen LogP contribution in [0.2, 0.25) is 0 Å². The van der Waals surface area contributed by atoms with Gasteiger partial charge in [-0.25, -0.2) is 0 Å². The monoisotopic (exact) mass is 254 g/mol. The van der Waals surface area contributed by atoms with Crippen LogP contribution < -0.4 is 0 Å². The molecule has 17 heavy (non-hydrogen) atoms. The largest absolute Gasteiger partial charge is 0.466 e. The van der Waals surface area contributed by atoms with E-state index in [1.54, 1.807) is 0 Å². The predicted octanol–water partition coefficient (Wildman–Crippen LogP) is 3.35. The first-order valence-electron chi connectivity index (χ1n) is 6.05. The SMILES string of the molecule is CCOC(=O)Cc1ccc(CCCCCl)cc1. The Morgan fingerprint density at radius 1 is 1.18 bits per heavy atom. The number of unbranched alkanes of at least 4 members (excludes halogenated alkanes) is 1. The molecule has 0 saturated heterocycles. The van der Waals surface area contributed by atoms with Crippen molar-refractivity contribution in [3.63, 3.8) is 0 Å². The number of rotatable bonds is 7. The quantitative estimate of drug-likeness (QED) is 0.424. The van der Waals surface area contributed by atoms with Crippen LogP contribution in [-0.2, 0) is 22.4 Å². The second kappa shape index (κ2) is 8.13. The van der Waals surface area contributed by atoms with Gasteiger partial charge in [-0.05, 0) is 37.3 Å². The zero-order valence-corrected chi connectivity index (χ0v) is 11.0. The van der Waals surface area contributed by atoms with Gasteiger partial charge in [0, 0.05) is 5.88 Å². The third-order valence-corrected chi connectivity index (χ3v) is 2.79. The zero-order chi connectivity index (χ0) is 12.5. The average Bonchev–Trinajstić information content (AvgIpc) is 2.32. The Hall–Kier alpha value is -1.02. The van der Waals surface area contributed by atoms with Gasteiger partial charge in [-0.1, -0.05) is 24.3 Å². The lowest BCUT2D eigenvalue weighted by Gasteiger charge is -2.04. The first-order valence-corrected chi connectivity index (χ1v) is 6.59. The summed E-state index contributed by atoms with van der Waals surface area (Å²) in [7, 11) is 0. The van der Waals surface area contributed by atoms with Crippen LogP contribution in [0.5, 0.6) is 0 Å². The van der Waals surface area contributed by atoms with Crippen LogP contribution in [0.15, 0.2) is 24.3 Å². The van der Waals surface area contributed by atoms with Gasteiger partial charge in [0.15, 0.2) is 0 Å². The molecular formula is C14H19ClO2. The fourth-order valence-corrected chi connectivity index (χ4v) is 1.82. The molecule has 0 radical (unpaired) electrons. The van der Waals surface area contributed by atoms with Gasteiger partial charge in [0.25, 0.3) is 0 Å². The molecule has 94 valence electrons. The first kappa shape index (κ1) is 14.0. The van der Waals surface area contributed by atoms with Gasteiger partial charge in [-0.2, -0.15) is 0 Å². The van der Waals surface area contributed by atoms with E-state index < -0.39 is 0 Å². The van der Waals surface area contributed by atoms with Gasteiger partial charge < -0.3 is 4.74 Å². The highest BCUT2D eigenvalue weighted by Gasteiger charge is 2.03. The fraction of sp³-hybridized carbons (Fsp3) is 0.500. The third kappa shape index (κ3) is 5.73. The van der Waals surface area contributed by atoms with E-state index in [9.17, 15) is 4.79 Å². The van der Waals surface area contributed by atoms with Crippen LogP contribution in [0.25, 0.3) is 0 Å². The van der Waals surface area contributed by atoms with Crippen LogP contribution in [0.1, 0.15) is 30.9 Å². The lowest BCUT2D eigenvalue weighted by Crippen LogP contribution is -2.07. The summed E-state index contributed by atoms with van der Waals surface area (Å²) < 4.78 is 4.90. The number of carbonyl (C=O) groups excluding carboxylic acids is 1. The molecule has 0 fully saturated rings. The van der Waals surface area contributed by atoms with E-state index in [4.69, 9.17) is 16.3 Å². The number of esters is 1. The van der Waals surface area contributed by atoms with Crippen molar-refractivity contribution in [2.75, 3.05) is 12.5 Å². The highest BCUT2D eigenvalue weighted by atomic mass is 35.5. The van der Waals surface area contributed by atoms with Crippen molar-refractivity contribution >= 4 is 17.6 Å². The maximum Gasteiger partial charge on any atom is 0.310 e. The number of ether oxygens (including phenoxy) is 1. The second-order valence-corrected chi connectivity index (χ2v) is 4.32. The summed E-state index contributed by atoms with van der Waals surface area (Å²) in [6, 6.07) is 8.13. The number of benzene rings is 1. The van der Waals surface area contributed by atoms with E-state index in [-0.39, 0.29) is 5.97 Å². The van der Waals surface area contributed by atoms with Gasteiger partial charge in [0.1, 0.15) is 0 Å². The van der Waals surface area contributed by atoms with Crippen molar-refractivity contribution in [1.82, 2.24) is 0 Å². The molecule has 0 aliphatic rings. The van der Waals surface area contributed by atoms with E-state index in [0.29, 0.717) is 13.0 Å². The molecule has 2 nitrogen and oxygen atoms in total. The Morgan fingerprint density at radius 3 is 2.41 bits per heavy atom. The lowest BCUT2D eigenvalue weighted by molar-refractivity contribution is -0.142. The molecule has 0 amide bonds. The predicted molar refractivity (Wildman–Crippen MR) is 70.4 cm³/mol. The molecule has 3 heteroatoms. The Labute approximate surface area is 108 Å². The molecule has 0 unspecified atom stereocenters. The maximum absolute atomic E-state index is 11.3. The minimum absolute atomic E-state index is 0.164. The summed E-state index contributed by atoms with van der Waals surface area (Å²) in [5.74, 6) is 0.559. The zero-order valence-electron chi connectivity index (χ0n) is 10.2. The number of carbonyl (C=O) groups is 1. The molecule has 0 aromatic heterocycles. The summed E-state index contributed by atoms with van der Waals surface area (Å²) in [6.45, 7) is 2.26. The fourth-order valence-electron chi connectivity index (χ4n) is 1.63. The highest BCUT2D eigenvalue weighted by molar-refractivity contribution is 6.17. The van der Waals surface area contributed by atoms with E-state index in [2.05, 4.69) is 12.1 Å². The molecule has 0 aliphatic heterocycles. The smallest absolute Gasteiger partial charge is 0.310 e. The Balaban J connectivity index is 2.41.